The second kappa shape index (κ2) is 8.03. The number of nitrogens with one attached hydrogen (secondary N) is 1. The molecule has 1 N–H and O–H groups in total. The Labute approximate surface area is 165 Å². The first-order chi connectivity index (χ1) is 12.4. The monoisotopic (exact) mass is 409 g/mol. The lowest BCUT2D eigenvalue weighted by atomic mass is 10.1. The van der Waals surface area contributed by atoms with Crippen molar-refractivity contribution in [3.05, 3.63) is 63.1 Å². The fourth-order valence-corrected chi connectivity index (χ4v) is 2.87. The summed E-state index contributed by atoms with van der Waals surface area (Å²) in [4.78, 5) is 13.5. The van der Waals surface area contributed by atoms with E-state index in [0.29, 0.717) is 26.5 Å². The van der Waals surface area contributed by atoms with Gasteiger partial charge in [0.15, 0.2) is 0 Å². The summed E-state index contributed by atoms with van der Waals surface area (Å²) in [5, 5.41) is 16.3. The first-order valence-electron chi connectivity index (χ1n) is 7.71. The van der Waals surface area contributed by atoms with Crippen LogP contribution in [-0.2, 0) is 11.3 Å². The van der Waals surface area contributed by atoms with Gasteiger partial charge in [0, 0.05) is 5.56 Å². The molecule has 0 saturated heterocycles. The van der Waals surface area contributed by atoms with Crippen LogP contribution in [0, 0.1) is 0 Å². The molecule has 9 heteroatoms. The summed E-state index contributed by atoms with van der Waals surface area (Å²) in [6, 6.07) is 12.1. The molecule has 1 amide bonds. The van der Waals surface area contributed by atoms with Crippen molar-refractivity contribution in [2.24, 2.45) is 0 Å². The molecular weight excluding hydrogens is 397 g/mol. The lowest BCUT2D eigenvalue weighted by molar-refractivity contribution is -0.122. The minimum atomic E-state index is -0.258. The molecule has 0 bridgehead atoms. The number of halogens is 3. The molecule has 6 nitrogen and oxygen atoms in total. The molecule has 0 aliphatic heterocycles. The van der Waals surface area contributed by atoms with Gasteiger partial charge in [-0.15, -0.1) is 10.2 Å². The van der Waals surface area contributed by atoms with Crippen LogP contribution in [0.5, 0.6) is 0 Å². The van der Waals surface area contributed by atoms with Crippen molar-refractivity contribution in [2.45, 2.75) is 19.5 Å². The summed E-state index contributed by atoms with van der Waals surface area (Å²) in [6.45, 7) is 1.78. The van der Waals surface area contributed by atoms with Crippen molar-refractivity contribution < 1.29 is 4.79 Å². The molecule has 1 heterocycles. The normalized spacial score (nSPS) is 12.0. The van der Waals surface area contributed by atoms with Gasteiger partial charge in [0.1, 0.15) is 6.54 Å². The van der Waals surface area contributed by atoms with E-state index in [1.165, 1.54) is 4.80 Å². The van der Waals surface area contributed by atoms with Crippen molar-refractivity contribution in [3.63, 3.8) is 0 Å². The Kier molecular flexibility index (Phi) is 5.76. The van der Waals surface area contributed by atoms with Crippen LogP contribution in [0.1, 0.15) is 18.5 Å². The maximum Gasteiger partial charge on any atom is 0.244 e. The Bertz CT molecular complexity index is 944. The van der Waals surface area contributed by atoms with E-state index in [9.17, 15) is 4.79 Å². The molecule has 0 saturated carbocycles. The quantitative estimate of drug-likeness (QED) is 0.685. The number of carbonyl (C=O) groups is 1. The molecule has 0 radical (unpaired) electrons. The van der Waals surface area contributed by atoms with Crippen molar-refractivity contribution >= 4 is 40.7 Å². The highest BCUT2D eigenvalue weighted by Gasteiger charge is 2.14. The van der Waals surface area contributed by atoms with Crippen LogP contribution in [0.2, 0.25) is 15.1 Å². The summed E-state index contributed by atoms with van der Waals surface area (Å²) < 4.78 is 0. The van der Waals surface area contributed by atoms with Gasteiger partial charge in [0.2, 0.25) is 11.7 Å². The van der Waals surface area contributed by atoms with Crippen molar-refractivity contribution in [3.8, 4) is 11.4 Å². The SMILES string of the molecule is C[C@H](NC(=O)Cn1nnc(-c2ccccc2Cl)n1)c1ccc(Cl)c(Cl)c1. The largest absolute Gasteiger partial charge is 0.348 e. The van der Waals surface area contributed by atoms with Crippen molar-refractivity contribution in [1.29, 1.82) is 0 Å². The molecule has 3 rings (SSSR count). The Balaban J connectivity index is 1.65. The number of aromatic nitrogens is 4. The fraction of sp³-hybridized carbons (Fsp3) is 0.176. The minimum absolute atomic E-state index is 0.0664. The van der Waals surface area contributed by atoms with Crippen LogP contribution in [0.15, 0.2) is 42.5 Å². The Morgan fingerprint density at radius 2 is 1.88 bits per heavy atom. The fourth-order valence-electron chi connectivity index (χ4n) is 2.34. The molecule has 26 heavy (non-hydrogen) atoms. The summed E-state index contributed by atoms with van der Waals surface area (Å²) >= 11 is 18.0. The average Bonchev–Trinajstić information content (AvgIpc) is 3.05. The van der Waals surface area contributed by atoms with Crippen molar-refractivity contribution in [2.75, 3.05) is 0 Å². The lowest BCUT2D eigenvalue weighted by Gasteiger charge is -2.14. The van der Waals surface area contributed by atoms with E-state index in [-0.39, 0.29) is 18.5 Å². The van der Waals surface area contributed by atoms with E-state index in [2.05, 4.69) is 20.7 Å². The topological polar surface area (TPSA) is 72.7 Å². The molecule has 2 aromatic carbocycles. The zero-order valence-corrected chi connectivity index (χ0v) is 15.9. The second-order valence-electron chi connectivity index (χ2n) is 5.59. The number of amides is 1. The maximum absolute atomic E-state index is 12.2. The number of tetrazole rings is 1. The van der Waals surface area contributed by atoms with E-state index in [0.717, 1.165) is 5.56 Å². The summed E-state index contributed by atoms with van der Waals surface area (Å²) in [5.41, 5.74) is 1.50. The third-order valence-electron chi connectivity index (χ3n) is 3.67. The van der Waals surface area contributed by atoms with Crippen LogP contribution in [0.3, 0.4) is 0 Å². The third kappa shape index (κ3) is 4.33. The zero-order chi connectivity index (χ0) is 18.7. The number of carbonyl (C=O) groups excluding carboxylic acids is 1. The van der Waals surface area contributed by atoms with Gasteiger partial charge in [-0.25, -0.2) is 0 Å². The molecular formula is C17H14Cl3N5O. The average molecular weight is 411 g/mol. The number of hydrogen-bond acceptors (Lipinski definition) is 4. The zero-order valence-electron chi connectivity index (χ0n) is 13.7. The maximum atomic E-state index is 12.2. The van der Waals surface area contributed by atoms with Gasteiger partial charge >= 0.3 is 0 Å². The second-order valence-corrected chi connectivity index (χ2v) is 6.81. The van der Waals surface area contributed by atoms with Gasteiger partial charge in [-0.3, -0.25) is 4.79 Å². The third-order valence-corrected chi connectivity index (χ3v) is 4.74. The van der Waals surface area contributed by atoms with Crippen LogP contribution in [-0.4, -0.2) is 26.1 Å². The van der Waals surface area contributed by atoms with Crippen LogP contribution in [0.25, 0.3) is 11.4 Å². The molecule has 0 spiro atoms. The van der Waals surface area contributed by atoms with E-state index in [1.54, 1.807) is 24.3 Å². The lowest BCUT2D eigenvalue weighted by Crippen LogP contribution is -2.30. The summed E-state index contributed by atoms with van der Waals surface area (Å²) in [7, 11) is 0. The smallest absolute Gasteiger partial charge is 0.244 e. The number of benzene rings is 2. The Hall–Kier alpha value is -2.15. The Morgan fingerprint density at radius 1 is 1.12 bits per heavy atom. The van der Waals surface area contributed by atoms with Gasteiger partial charge in [0.25, 0.3) is 0 Å². The van der Waals surface area contributed by atoms with Gasteiger partial charge in [-0.2, -0.15) is 4.80 Å². The van der Waals surface area contributed by atoms with Gasteiger partial charge in [-0.05, 0) is 42.0 Å². The molecule has 0 fully saturated rings. The van der Waals surface area contributed by atoms with Gasteiger partial charge in [0.05, 0.1) is 21.1 Å². The predicted molar refractivity (Wildman–Crippen MR) is 101 cm³/mol. The first-order valence-corrected chi connectivity index (χ1v) is 8.84. The van der Waals surface area contributed by atoms with E-state index >= 15 is 0 Å². The minimum Gasteiger partial charge on any atom is -0.348 e. The molecule has 0 unspecified atom stereocenters. The van der Waals surface area contributed by atoms with Gasteiger partial charge in [-0.1, -0.05) is 53.0 Å². The number of hydrogen-bond donors (Lipinski definition) is 1. The highest BCUT2D eigenvalue weighted by Crippen LogP contribution is 2.26. The summed E-state index contributed by atoms with van der Waals surface area (Å²) in [5.74, 6) is 0.104. The predicted octanol–water partition coefficient (Wildman–Crippen LogP) is 4.18. The summed E-state index contributed by atoms with van der Waals surface area (Å²) in [6.07, 6.45) is 0. The number of nitrogens with zero attached hydrogens (tertiary/aromatic N) is 4. The van der Waals surface area contributed by atoms with Crippen LogP contribution >= 0.6 is 34.8 Å². The molecule has 134 valence electrons. The van der Waals surface area contributed by atoms with Crippen LogP contribution in [0.4, 0.5) is 0 Å². The van der Waals surface area contributed by atoms with E-state index < -0.39 is 0 Å². The highest BCUT2D eigenvalue weighted by molar-refractivity contribution is 6.42. The molecule has 0 aliphatic rings. The highest BCUT2D eigenvalue weighted by atomic mass is 35.5. The first kappa shape index (κ1) is 18.6. The molecule has 3 aromatic rings. The molecule has 0 aliphatic carbocycles. The Morgan fingerprint density at radius 3 is 2.62 bits per heavy atom. The number of rotatable bonds is 5. The standard InChI is InChI=1S/C17H14Cl3N5O/c1-10(11-6-7-14(19)15(20)8-11)21-16(26)9-25-23-17(22-24-25)12-4-2-3-5-13(12)18/h2-8,10H,9H2,1H3,(H,21,26)/t10-/m0/s1. The van der Waals surface area contributed by atoms with E-state index in [4.69, 9.17) is 34.8 Å². The van der Waals surface area contributed by atoms with Gasteiger partial charge < -0.3 is 5.32 Å². The van der Waals surface area contributed by atoms with Crippen LogP contribution < -0.4 is 5.32 Å². The van der Waals surface area contributed by atoms with E-state index in [1.807, 2.05) is 25.1 Å². The van der Waals surface area contributed by atoms with Crippen molar-refractivity contribution in [1.82, 2.24) is 25.5 Å². The molecule has 1 aromatic heterocycles. The molecule has 1 atom stereocenters.